The molecule has 0 aliphatic rings. The molecule has 6 heteroatoms. The van der Waals surface area contributed by atoms with Crippen LogP contribution in [0.15, 0.2) is 36.8 Å². The second-order valence-corrected chi connectivity index (χ2v) is 3.93. The van der Waals surface area contributed by atoms with Gasteiger partial charge in [0, 0.05) is 25.0 Å². The summed E-state index contributed by atoms with van der Waals surface area (Å²) in [6.07, 6.45) is 4.74. The zero-order valence-corrected chi connectivity index (χ0v) is 10.4. The highest BCUT2D eigenvalue weighted by Crippen LogP contribution is 2.20. The zero-order chi connectivity index (χ0) is 13.7. The fourth-order valence-corrected chi connectivity index (χ4v) is 1.55. The molecule has 0 unspecified atom stereocenters. The minimum absolute atomic E-state index is 0.202. The van der Waals surface area contributed by atoms with Crippen molar-refractivity contribution in [2.75, 3.05) is 10.6 Å². The lowest BCUT2D eigenvalue weighted by molar-refractivity contribution is -0.114. The first kappa shape index (κ1) is 12.9. The Bertz CT molecular complexity index is 574. The van der Waals surface area contributed by atoms with Gasteiger partial charge in [-0.2, -0.15) is 0 Å². The fourth-order valence-electron chi connectivity index (χ4n) is 1.55. The van der Waals surface area contributed by atoms with E-state index in [2.05, 4.69) is 20.6 Å². The summed E-state index contributed by atoms with van der Waals surface area (Å²) in [5, 5.41) is 5.51. The summed E-state index contributed by atoms with van der Waals surface area (Å²) >= 11 is 0. The van der Waals surface area contributed by atoms with Crippen LogP contribution in [0.2, 0.25) is 0 Å². The molecule has 0 bridgehead atoms. The number of hydrogen-bond donors (Lipinski definition) is 2. The van der Waals surface area contributed by atoms with Gasteiger partial charge in [0.2, 0.25) is 5.91 Å². The van der Waals surface area contributed by atoms with Crippen LogP contribution in [0.1, 0.15) is 12.6 Å². The van der Waals surface area contributed by atoms with E-state index in [1.807, 2.05) is 0 Å². The van der Waals surface area contributed by atoms with Crippen LogP contribution >= 0.6 is 0 Å². The molecular weight excluding hydrogens is 247 g/mol. The molecule has 19 heavy (non-hydrogen) atoms. The van der Waals surface area contributed by atoms with E-state index in [0.29, 0.717) is 23.6 Å². The highest BCUT2D eigenvalue weighted by atomic mass is 19.1. The predicted molar refractivity (Wildman–Crippen MR) is 70.1 cm³/mol. The number of anilines is 2. The number of rotatable bonds is 4. The Morgan fingerprint density at radius 1 is 1.37 bits per heavy atom. The van der Waals surface area contributed by atoms with Gasteiger partial charge in [0.05, 0.1) is 24.1 Å². The molecule has 1 aromatic carbocycles. The standard InChI is InChI=1S/C13H13FN4O/c1-9(19)18-10-2-3-12(14)13(6-10)17-8-11-7-15-4-5-16-11/h2-7,17H,8H2,1H3,(H,18,19). The van der Waals surface area contributed by atoms with Crippen LogP contribution in [0.4, 0.5) is 15.8 Å². The van der Waals surface area contributed by atoms with Crippen molar-refractivity contribution in [3.63, 3.8) is 0 Å². The minimum Gasteiger partial charge on any atom is -0.377 e. The summed E-state index contributed by atoms with van der Waals surface area (Å²) in [6.45, 7) is 1.75. The number of nitrogens with one attached hydrogen (secondary N) is 2. The number of halogens is 1. The van der Waals surface area contributed by atoms with Gasteiger partial charge in [0.1, 0.15) is 5.82 Å². The first-order valence-corrected chi connectivity index (χ1v) is 5.71. The van der Waals surface area contributed by atoms with E-state index in [1.54, 1.807) is 18.6 Å². The summed E-state index contributed by atoms with van der Waals surface area (Å²) in [4.78, 5) is 18.9. The molecule has 1 amide bonds. The van der Waals surface area contributed by atoms with Crippen LogP contribution in [0.25, 0.3) is 0 Å². The largest absolute Gasteiger partial charge is 0.377 e. The smallest absolute Gasteiger partial charge is 0.221 e. The third kappa shape index (κ3) is 3.74. The molecule has 0 spiro atoms. The molecule has 0 saturated carbocycles. The van der Waals surface area contributed by atoms with E-state index in [1.165, 1.54) is 25.1 Å². The van der Waals surface area contributed by atoms with Crippen LogP contribution in [-0.2, 0) is 11.3 Å². The minimum atomic E-state index is -0.391. The van der Waals surface area contributed by atoms with Crippen molar-refractivity contribution >= 4 is 17.3 Å². The van der Waals surface area contributed by atoms with Gasteiger partial charge in [-0.15, -0.1) is 0 Å². The number of hydrogen-bond acceptors (Lipinski definition) is 4. The molecule has 1 heterocycles. The molecule has 1 aromatic heterocycles. The maximum Gasteiger partial charge on any atom is 0.221 e. The second kappa shape index (κ2) is 5.90. The van der Waals surface area contributed by atoms with E-state index in [4.69, 9.17) is 0 Å². The lowest BCUT2D eigenvalue weighted by Gasteiger charge is -2.09. The molecule has 2 N–H and O–H groups in total. The van der Waals surface area contributed by atoms with Crippen LogP contribution in [-0.4, -0.2) is 15.9 Å². The van der Waals surface area contributed by atoms with E-state index in [-0.39, 0.29) is 5.91 Å². The maximum absolute atomic E-state index is 13.6. The molecule has 2 aromatic rings. The van der Waals surface area contributed by atoms with Crippen LogP contribution in [0.3, 0.4) is 0 Å². The third-order valence-corrected chi connectivity index (χ3v) is 2.36. The second-order valence-electron chi connectivity index (χ2n) is 3.93. The Balaban J connectivity index is 2.08. The van der Waals surface area contributed by atoms with E-state index in [0.717, 1.165) is 0 Å². The summed E-state index contributed by atoms with van der Waals surface area (Å²) in [5.74, 6) is -0.593. The SMILES string of the molecule is CC(=O)Nc1ccc(F)c(NCc2cnccn2)c1. The Hall–Kier alpha value is -2.50. The first-order valence-electron chi connectivity index (χ1n) is 5.71. The zero-order valence-electron chi connectivity index (χ0n) is 10.4. The summed E-state index contributed by atoms with van der Waals surface area (Å²) in [5.41, 5.74) is 1.54. The molecule has 0 aliphatic heterocycles. The molecule has 0 saturated heterocycles. The average Bonchev–Trinajstić information content (AvgIpc) is 2.40. The summed E-state index contributed by atoms with van der Waals surface area (Å²) in [6, 6.07) is 4.33. The lowest BCUT2D eigenvalue weighted by Crippen LogP contribution is -2.08. The van der Waals surface area contributed by atoms with Crippen molar-refractivity contribution in [2.45, 2.75) is 13.5 Å². The average molecular weight is 260 g/mol. The Morgan fingerprint density at radius 2 is 2.21 bits per heavy atom. The molecular formula is C13H13FN4O. The summed E-state index contributed by atoms with van der Waals surface area (Å²) in [7, 11) is 0. The van der Waals surface area contributed by atoms with Crippen molar-refractivity contribution in [3.05, 3.63) is 48.3 Å². The van der Waals surface area contributed by atoms with Crippen molar-refractivity contribution in [1.82, 2.24) is 9.97 Å². The number of benzene rings is 1. The molecule has 2 rings (SSSR count). The molecule has 0 aliphatic carbocycles. The molecule has 0 radical (unpaired) electrons. The van der Waals surface area contributed by atoms with E-state index < -0.39 is 5.82 Å². The number of amides is 1. The quantitative estimate of drug-likeness (QED) is 0.884. The van der Waals surface area contributed by atoms with Crippen molar-refractivity contribution in [3.8, 4) is 0 Å². The Morgan fingerprint density at radius 3 is 2.89 bits per heavy atom. The van der Waals surface area contributed by atoms with Crippen molar-refractivity contribution < 1.29 is 9.18 Å². The molecule has 98 valence electrons. The van der Waals surface area contributed by atoms with Gasteiger partial charge in [-0.1, -0.05) is 0 Å². The number of aromatic nitrogens is 2. The van der Waals surface area contributed by atoms with Gasteiger partial charge >= 0.3 is 0 Å². The number of carbonyl (C=O) groups excluding carboxylic acids is 1. The molecule has 0 fully saturated rings. The highest BCUT2D eigenvalue weighted by molar-refractivity contribution is 5.89. The monoisotopic (exact) mass is 260 g/mol. The molecule has 5 nitrogen and oxygen atoms in total. The number of carbonyl (C=O) groups is 1. The summed E-state index contributed by atoms with van der Waals surface area (Å²) < 4.78 is 13.6. The van der Waals surface area contributed by atoms with Gasteiger partial charge in [0.15, 0.2) is 0 Å². The third-order valence-electron chi connectivity index (χ3n) is 2.36. The van der Waals surface area contributed by atoms with Crippen molar-refractivity contribution in [1.29, 1.82) is 0 Å². The highest BCUT2D eigenvalue weighted by Gasteiger charge is 2.05. The van der Waals surface area contributed by atoms with Crippen LogP contribution < -0.4 is 10.6 Å². The predicted octanol–water partition coefficient (Wildman–Crippen LogP) is 2.19. The Labute approximate surface area is 109 Å². The van der Waals surface area contributed by atoms with Gasteiger partial charge < -0.3 is 10.6 Å². The van der Waals surface area contributed by atoms with Gasteiger partial charge in [-0.3, -0.25) is 14.8 Å². The van der Waals surface area contributed by atoms with Gasteiger partial charge in [-0.05, 0) is 18.2 Å². The normalized spacial score (nSPS) is 10.0. The maximum atomic E-state index is 13.6. The van der Waals surface area contributed by atoms with Crippen LogP contribution in [0, 0.1) is 5.82 Å². The number of nitrogens with zero attached hydrogens (tertiary/aromatic N) is 2. The molecule has 0 atom stereocenters. The van der Waals surface area contributed by atoms with Gasteiger partial charge in [-0.25, -0.2) is 4.39 Å². The van der Waals surface area contributed by atoms with E-state index >= 15 is 0 Å². The topological polar surface area (TPSA) is 66.9 Å². The van der Waals surface area contributed by atoms with E-state index in [9.17, 15) is 9.18 Å². The van der Waals surface area contributed by atoms with Gasteiger partial charge in [0.25, 0.3) is 0 Å². The van der Waals surface area contributed by atoms with Crippen LogP contribution in [0.5, 0.6) is 0 Å². The Kier molecular flexibility index (Phi) is 4.02. The van der Waals surface area contributed by atoms with Crippen molar-refractivity contribution in [2.24, 2.45) is 0 Å². The lowest BCUT2D eigenvalue weighted by atomic mass is 10.2. The first-order chi connectivity index (χ1) is 9.15. The fraction of sp³-hybridized carbons (Fsp3) is 0.154.